The average Bonchev–Trinajstić information content (AvgIpc) is 2.21. The molecule has 0 unspecified atom stereocenters. The fourth-order valence-corrected chi connectivity index (χ4v) is 1.25. The van der Waals surface area contributed by atoms with Crippen LogP contribution in [0.5, 0.6) is 0 Å². The van der Waals surface area contributed by atoms with Crippen molar-refractivity contribution in [2.45, 2.75) is 12.8 Å². The Morgan fingerprint density at radius 1 is 1.29 bits per heavy atom. The summed E-state index contributed by atoms with van der Waals surface area (Å²) in [5.74, 6) is 0.656. The molecule has 0 atom stereocenters. The van der Waals surface area contributed by atoms with Crippen molar-refractivity contribution >= 4 is 17.7 Å². The first kappa shape index (κ1) is 10.8. The first-order valence-corrected chi connectivity index (χ1v) is 5.08. The fourth-order valence-electron chi connectivity index (χ4n) is 1.12. The molecule has 14 heavy (non-hydrogen) atoms. The van der Waals surface area contributed by atoms with Gasteiger partial charge in [0.15, 0.2) is 0 Å². The van der Waals surface area contributed by atoms with Crippen LogP contribution < -0.4 is 0 Å². The molecule has 0 heterocycles. The van der Waals surface area contributed by atoms with E-state index in [9.17, 15) is 0 Å². The minimum absolute atomic E-state index is 0.478. The van der Waals surface area contributed by atoms with Crippen LogP contribution in [0.1, 0.15) is 17.5 Å². The Morgan fingerprint density at radius 2 is 2.00 bits per heavy atom. The number of nitriles is 1. The van der Waals surface area contributed by atoms with E-state index in [0.717, 1.165) is 17.5 Å². The Morgan fingerprint density at radius 3 is 2.57 bits per heavy atom. The Labute approximate surface area is 89.6 Å². The van der Waals surface area contributed by atoms with Gasteiger partial charge in [-0.25, -0.2) is 0 Å². The maximum Gasteiger partial charge on any atom is 0.0669 e. The summed E-state index contributed by atoms with van der Waals surface area (Å²) in [4.78, 5) is 0. The van der Waals surface area contributed by atoms with Crippen LogP contribution in [0.3, 0.4) is 0 Å². The third kappa shape index (κ3) is 3.64. The van der Waals surface area contributed by atoms with Gasteiger partial charge >= 0.3 is 0 Å². The van der Waals surface area contributed by atoms with Gasteiger partial charge in [0.25, 0.3) is 0 Å². The third-order valence-corrected chi connectivity index (χ3v) is 2.07. The number of benzene rings is 1. The van der Waals surface area contributed by atoms with E-state index >= 15 is 0 Å². The zero-order valence-corrected chi connectivity index (χ0v) is 8.67. The Kier molecular flexibility index (Phi) is 4.82. The second-order valence-corrected chi connectivity index (χ2v) is 3.33. The molecule has 0 N–H and O–H groups in total. The molecule has 2 heteroatoms. The Bertz CT molecular complexity index is 332. The van der Waals surface area contributed by atoms with E-state index in [0.29, 0.717) is 12.3 Å². The highest BCUT2D eigenvalue weighted by molar-refractivity contribution is 6.17. The quantitative estimate of drug-likeness (QED) is 0.692. The van der Waals surface area contributed by atoms with Crippen LogP contribution in [0.25, 0.3) is 6.08 Å². The van der Waals surface area contributed by atoms with E-state index in [-0.39, 0.29) is 0 Å². The third-order valence-electron chi connectivity index (χ3n) is 1.85. The second kappa shape index (κ2) is 6.23. The summed E-state index contributed by atoms with van der Waals surface area (Å²) in [6.07, 6.45) is 5.46. The summed E-state index contributed by atoms with van der Waals surface area (Å²) in [5, 5.41) is 8.48. The van der Waals surface area contributed by atoms with Gasteiger partial charge in [0.05, 0.1) is 12.5 Å². The maximum absolute atomic E-state index is 8.48. The smallest absolute Gasteiger partial charge is 0.0669 e. The van der Waals surface area contributed by atoms with Crippen molar-refractivity contribution in [2.75, 3.05) is 5.88 Å². The lowest BCUT2D eigenvalue weighted by molar-refractivity contribution is 1.24. The average molecular weight is 206 g/mol. The highest BCUT2D eigenvalue weighted by Gasteiger charge is 1.90. The predicted molar refractivity (Wildman–Crippen MR) is 60.1 cm³/mol. The molecule has 0 aliphatic carbocycles. The molecule has 1 aromatic rings. The Hall–Kier alpha value is -1.26. The summed E-state index contributed by atoms with van der Waals surface area (Å²) in [6, 6.07) is 10.1. The first-order chi connectivity index (χ1) is 6.86. The molecule has 1 nitrogen and oxygen atoms in total. The zero-order chi connectivity index (χ0) is 10.2. The van der Waals surface area contributed by atoms with E-state index in [1.165, 1.54) is 0 Å². The highest BCUT2D eigenvalue weighted by Crippen LogP contribution is 2.07. The van der Waals surface area contributed by atoms with Crippen molar-refractivity contribution in [3.8, 4) is 6.07 Å². The number of alkyl halides is 1. The van der Waals surface area contributed by atoms with Gasteiger partial charge in [-0.15, -0.1) is 11.6 Å². The number of allylic oxidation sites excluding steroid dienone is 1. The summed E-state index contributed by atoms with van der Waals surface area (Å²) >= 11 is 5.55. The summed E-state index contributed by atoms with van der Waals surface area (Å²) in [5.41, 5.74) is 2.21. The van der Waals surface area contributed by atoms with Gasteiger partial charge in [0.1, 0.15) is 0 Å². The molecule has 0 aliphatic rings. The molecule has 0 bridgehead atoms. The van der Waals surface area contributed by atoms with E-state index in [4.69, 9.17) is 16.9 Å². The van der Waals surface area contributed by atoms with Crippen molar-refractivity contribution in [3.63, 3.8) is 0 Å². The van der Waals surface area contributed by atoms with E-state index < -0.39 is 0 Å². The van der Waals surface area contributed by atoms with Gasteiger partial charge in [-0.05, 0) is 17.5 Å². The zero-order valence-electron chi connectivity index (χ0n) is 7.91. The lowest BCUT2D eigenvalue weighted by atomic mass is 10.1. The maximum atomic E-state index is 8.48. The first-order valence-electron chi connectivity index (χ1n) is 4.55. The topological polar surface area (TPSA) is 23.8 Å². The minimum Gasteiger partial charge on any atom is -0.198 e. The van der Waals surface area contributed by atoms with Crippen LogP contribution in [0.4, 0.5) is 0 Å². The second-order valence-electron chi connectivity index (χ2n) is 2.96. The number of nitrogens with zero attached hydrogens (tertiary/aromatic N) is 1. The van der Waals surface area contributed by atoms with Crippen LogP contribution in [0.2, 0.25) is 0 Å². The summed E-state index contributed by atoms with van der Waals surface area (Å²) < 4.78 is 0. The standard InChI is InChI=1S/C12H12ClN/c13-9-2-1-3-11-4-6-12(7-5-11)8-10-14/h1,3-7H,2,8-9H2. The largest absolute Gasteiger partial charge is 0.198 e. The number of hydrogen-bond donors (Lipinski definition) is 0. The van der Waals surface area contributed by atoms with Crippen molar-refractivity contribution in [2.24, 2.45) is 0 Å². The van der Waals surface area contributed by atoms with Gasteiger partial charge < -0.3 is 0 Å². The number of hydrogen-bond acceptors (Lipinski definition) is 1. The molecule has 0 radical (unpaired) electrons. The number of halogens is 1. The van der Waals surface area contributed by atoms with Crippen LogP contribution in [-0.2, 0) is 6.42 Å². The SMILES string of the molecule is N#CCc1ccc(C=CCCCl)cc1. The molecule has 0 aliphatic heterocycles. The lowest BCUT2D eigenvalue weighted by Gasteiger charge is -1.95. The molecule has 0 spiro atoms. The number of rotatable bonds is 4. The molecule has 0 saturated heterocycles. The Balaban J connectivity index is 2.60. The van der Waals surface area contributed by atoms with Gasteiger partial charge in [0.2, 0.25) is 0 Å². The summed E-state index contributed by atoms with van der Waals surface area (Å²) in [6.45, 7) is 0. The van der Waals surface area contributed by atoms with Crippen molar-refractivity contribution in [1.82, 2.24) is 0 Å². The van der Waals surface area contributed by atoms with Crippen molar-refractivity contribution in [3.05, 3.63) is 41.5 Å². The van der Waals surface area contributed by atoms with E-state index in [1.54, 1.807) is 0 Å². The van der Waals surface area contributed by atoms with Gasteiger partial charge in [-0.3, -0.25) is 0 Å². The van der Waals surface area contributed by atoms with Crippen LogP contribution in [0, 0.1) is 11.3 Å². The van der Waals surface area contributed by atoms with Gasteiger partial charge in [0, 0.05) is 5.88 Å². The van der Waals surface area contributed by atoms with E-state index in [1.807, 2.05) is 36.4 Å². The highest BCUT2D eigenvalue weighted by atomic mass is 35.5. The molecule has 0 aromatic heterocycles. The molecule has 1 aromatic carbocycles. The minimum atomic E-state index is 0.478. The normalized spacial score (nSPS) is 10.3. The molecule has 1 rings (SSSR count). The van der Waals surface area contributed by atoms with E-state index in [2.05, 4.69) is 6.07 Å². The van der Waals surface area contributed by atoms with Crippen molar-refractivity contribution in [1.29, 1.82) is 5.26 Å². The predicted octanol–water partition coefficient (Wildman–Crippen LogP) is 3.39. The van der Waals surface area contributed by atoms with Crippen LogP contribution in [0.15, 0.2) is 30.3 Å². The summed E-state index contributed by atoms with van der Waals surface area (Å²) in [7, 11) is 0. The molecule has 0 amide bonds. The van der Waals surface area contributed by atoms with Gasteiger partial charge in [-0.1, -0.05) is 36.4 Å². The van der Waals surface area contributed by atoms with Gasteiger partial charge in [-0.2, -0.15) is 5.26 Å². The van der Waals surface area contributed by atoms with Crippen LogP contribution in [-0.4, -0.2) is 5.88 Å². The molecule has 72 valence electrons. The van der Waals surface area contributed by atoms with Crippen molar-refractivity contribution < 1.29 is 0 Å². The molecular formula is C12H12ClN. The van der Waals surface area contributed by atoms with Crippen LogP contribution >= 0.6 is 11.6 Å². The molecule has 0 saturated carbocycles. The molecular weight excluding hydrogens is 194 g/mol. The fraction of sp³-hybridized carbons (Fsp3) is 0.250. The monoisotopic (exact) mass is 205 g/mol. The lowest BCUT2D eigenvalue weighted by Crippen LogP contribution is -1.80. The molecule has 0 fully saturated rings.